The van der Waals surface area contributed by atoms with E-state index in [-0.39, 0.29) is 47.8 Å². The minimum atomic E-state index is -0.531. The van der Waals surface area contributed by atoms with Crippen molar-refractivity contribution in [3.05, 3.63) is 70.9 Å². The average molecular weight is 476 g/mol. The molecular weight excluding hydrogens is 442 g/mol. The third-order valence-corrected chi connectivity index (χ3v) is 7.78. The summed E-state index contributed by atoms with van der Waals surface area (Å²) in [6.45, 7) is 7.02. The molecule has 6 heteroatoms. The fraction of sp³-hybridized carbons (Fsp3) is 0.448. The van der Waals surface area contributed by atoms with E-state index in [2.05, 4.69) is 24.8 Å². The van der Waals surface area contributed by atoms with E-state index in [0.29, 0.717) is 12.4 Å². The Morgan fingerprint density at radius 3 is 2.57 bits per heavy atom. The summed E-state index contributed by atoms with van der Waals surface area (Å²) < 4.78 is 17.2. The molecule has 0 aromatic heterocycles. The highest BCUT2D eigenvalue weighted by Gasteiger charge is 2.53. The third kappa shape index (κ3) is 4.09. The van der Waals surface area contributed by atoms with Crippen molar-refractivity contribution in [3.63, 3.8) is 0 Å². The van der Waals surface area contributed by atoms with Crippen molar-refractivity contribution in [2.45, 2.75) is 64.6 Å². The van der Waals surface area contributed by atoms with Crippen LogP contribution in [0.1, 0.15) is 68.7 Å². The number of rotatable bonds is 6. The second-order valence-electron chi connectivity index (χ2n) is 10.3. The Morgan fingerprint density at radius 2 is 1.86 bits per heavy atom. The number of ether oxygens (including phenoxy) is 3. The first kappa shape index (κ1) is 23.5. The van der Waals surface area contributed by atoms with Gasteiger partial charge < -0.3 is 19.1 Å². The molecular formula is C29H33NO5. The van der Waals surface area contributed by atoms with Gasteiger partial charge in [0.1, 0.15) is 12.2 Å². The van der Waals surface area contributed by atoms with Gasteiger partial charge in [0.15, 0.2) is 17.3 Å². The van der Waals surface area contributed by atoms with Gasteiger partial charge in [-0.15, -0.1) is 0 Å². The molecule has 0 spiro atoms. The Morgan fingerprint density at radius 1 is 1.11 bits per heavy atom. The Hall–Kier alpha value is -3.28. The molecule has 3 atom stereocenters. The van der Waals surface area contributed by atoms with Gasteiger partial charge in [0.2, 0.25) is 0 Å². The lowest BCUT2D eigenvalue weighted by Crippen LogP contribution is -2.50. The number of fused-ring (bicyclic) bond motifs is 6. The van der Waals surface area contributed by atoms with Crippen LogP contribution in [-0.4, -0.2) is 36.4 Å². The van der Waals surface area contributed by atoms with Crippen LogP contribution in [0.5, 0.6) is 11.5 Å². The predicted octanol–water partition coefficient (Wildman–Crippen LogP) is 5.32. The second-order valence-corrected chi connectivity index (χ2v) is 10.3. The molecule has 0 radical (unpaired) electrons. The first-order chi connectivity index (χ1) is 16.8. The van der Waals surface area contributed by atoms with E-state index in [0.717, 1.165) is 29.7 Å². The lowest BCUT2D eigenvalue weighted by Gasteiger charge is -2.50. The molecule has 1 fully saturated rings. The number of carbonyl (C=O) groups excluding carboxylic acids is 2. The number of carbonyl (C=O) groups is 2. The fourth-order valence-electron chi connectivity index (χ4n) is 6.15. The van der Waals surface area contributed by atoms with Crippen molar-refractivity contribution in [2.24, 2.45) is 5.41 Å². The molecule has 1 aliphatic carbocycles. The van der Waals surface area contributed by atoms with Crippen molar-refractivity contribution in [3.8, 4) is 11.5 Å². The SMILES string of the molecule is CCOC(=O)C1=CN2C(CC1=O)c1cc(OC)c(OCc3ccccc3)cc1C1CCC(C)(C)C12. The highest BCUT2D eigenvalue weighted by molar-refractivity contribution is 6.17. The number of ketones is 1. The van der Waals surface area contributed by atoms with Crippen molar-refractivity contribution < 1.29 is 23.8 Å². The fourth-order valence-corrected chi connectivity index (χ4v) is 6.15. The van der Waals surface area contributed by atoms with Crippen LogP contribution in [0, 0.1) is 5.41 Å². The molecule has 6 nitrogen and oxygen atoms in total. The van der Waals surface area contributed by atoms with E-state index in [1.165, 1.54) is 5.56 Å². The molecule has 3 aliphatic rings. The first-order valence-electron chi connectivity index (χ1n) is 12.4. The van der Waals surface area contributed by atoms with Gasteiger partial charge in [-0.1, -0.05) is 44.2 Å². The molecule has 2 heterocycles. The van der Waals surface area contributed by atoms with Gasteiger partial charge in [0.05, 0.1) is 19.8 Å². The molecule has 0 bridgehead atoms. The largest absolute Gasteiger partial charge is 0.493 e. The number of methoxy groups -OCH3 is 1. The van der Waals surface area contributed by atoms with E-state index in [1.54, 1.807) is 20.2 Å². The quantitative estimate of drug-likeness (QED) is 0.416. The Kier molecular flexibility index (Phi) is 6.07. The van der Waals surface area contributed by atoms with Crippen LogP contribution in [0.15, 0.2) is 54.2 Å². The number of hydrogen-bond acceptors (Lipinski definition) is 6. The average Bonchev–Trinajstić information content (AvgIpc) is 3.18. The predicted molar refractivity (Wildman–Crippen MR) is 132 cm³/mol. The molecule has 3 unspecified atom stereocenters. The van der Waals surface area contributed by atoms with Crippen molar-refractivity contribution in [1.29, 1.82) is 0 Å². The maximum absolute atomic E-state index is 13.1. The summed E-state index contributed by atoms with van der Waals surface area (Å²) in [6, 6.07) is 14.3. The van der Waals surface area contributed by atoms with Crippen LogP contribution < -0.4 is 9.47 Å². The van der Waals surface area contributed by atoms with Crippen molar-refractivity contribution in [2.75, 3.05) is 13.7 Å². The van der Waals surface area contributed by atoms with E-state index in [9.17, 15) is 9.59 Å². The highest BCUT2D eigenvalue weighted by atomic mass is 16.5. The molecule has 2 aliphatic heterocycles. The van der Waals surface area contributed by atoms with Crippen LogP contribution in [0.3, 0.4) is 0 Å². The summed E-state index contributed by atoms with van der Waals surface area (Å²) in [4.78, 5) is 27.9. The lowest BCUT2D eigenvalue weighted by molar-refractivity contribution is -0.140. The number of hydrogen-bond donors (Lipinski definition) is 0. The topological polar surface area (TPSA) is 65.1 Å². The van der Waals surface area contributed by atoms with Gasteiger partial charge >= 0.3 is 5.97 Å². The van der Waals surface area contributed by atoms with Crippen molar-refractivity contribution >= 4 is 11.8 Å². The number of nitrogens with zero attached hydrogens (tertiary/aromatic N) is 1. The summed E-state index contributed by atoms with van der Waals surface area (Å²) >= 11 is 0. The molecule has 1 saturated carbocycles. The minimum Gasteiger partial charge on any atom is -0.493 e. The molecule has 35 heavy (non-hydrogen) atoms. The molecule has 0 N–H and O–H groups in total. The lowest BCUT2D eigenvalue weighted by atomic mass is 9.73. The summed E-state index contributed by atoms with van der Waals surface area (Å²) in [7, 11) is 1.64. The maximum Gasteiger partial charge on any atom is 0.343 e. The summed E-state index contributed by atoms with van der Waals surface area (Å²) in [5.41, 5.74) is 3.59. The molecule has 2 aromatic rings. The molecule has 2 aromatic carbocycles. The standard InChI is InChI=1S/C29H33NO5/c1-5-34-28(32)22-16-30-23(15-24(22)31)21-14-25(33-4)26(35-17-18-9-7-6-8-10-18)13-20(21)19-11-12-29(2,3)27(19)30/h6-10,13-14,16,19,23,27H,5,11-12,15,17H2,1-4H3. The van der Waals surface area contributed by atoms with E-state index in [1.807, 2.05) is 36.4 Å². The monoisotopic (exact) mass is 475 g/mol. The van der Waals surface area contributed by atoms with Gasteiger partial charge in [-0.2, -0.15) is 0 Å². The van der Waals surface area contributed by atoms with Crippen LogP contribution in [0.4, 0.5) is 0 Å². The van der Waals surface area contributed by atoms with E-state index in [4.69, 9.17) is 14.2 Å². The Bertz CT molecular complexity index is 1170. The molecule has 184 valence electrons. The van der Waals surface area contributed by atoms with Gasteiger partial charge in [-0.25, -0.2) is 4.79 Å². The number of Topliss-reactive ketones (excluding diaryl/α,β-unsaturated/α-hetero) is 1. The van der Waals surface area contributed by atoms with E-state index >= 15 is 0 Å². The van der Waals surface area contributed by atoms with Gasteiger partial charge in [-0.3, -0.25) is 4.79 Å². The summed E-state index contributed by atoms with van der Waals surface area (Å²) in [5, 5.41) is 0. The number of esters is 1. The number of benzene rings is 2. The zero-order chi connectivity index (χ0) is 24.7. The van der Waals surface area contributed by atoms with Crippen LogP contribution in [0.2, 0.25) is 0 Å². The van der Waals surface area contributed by atoms with Crippen LogP contribution >= 0.6 is 0 Å². The maximum atomic E-state index is 13.1. The molecule has 5 rings (SSSR count). The zero-order valence-corrected chi connectivity index (χ0v) is 20.9. The van der Waals surface area contributed by atoms with Crippen LogP contribution in [-0.2, 0) is 20.9 Å². The molecule has 0 amide bonds. The summed E-state index contributed by atoms with van der Waals surface area (Å²) in [5.74, 6) is 0.943. The first-order valence-corrected chi connectivity index (χ1v) is 12.4. The van der Waals surface area contributed by atoms with Gasteiger partial charge in [-0.05, 0) is 54.0 Å². The van der Waals surface area contributed by atoms with Gasteiger partial charge in [0, 0.05) is 24.6 Å². The minimum absolute atomic E-state index is 0.0300. The highest BCUT2D eigenvalue weighted by Crippen LogP contribution is 2.58. The van der Waals surface area contributed by atoms with Crippen LogP contribution in [0.25, 0.3) is 0 Å². The third-order valence-electron chi connectivity index (χ3n) is 7.78. The zero-order valence-electron chi connectivity index (χ0n) is 20.9. The summed E-state index contributed by atoms with van der Waals surface area (Å²) in [6.07, 6.45) is 4.11. The van der Waals surface area contributed by atoms with Crippen molar-refractivity contribution in [1.82, 2.24) is 4.90 Å². The second kappa shape index (κ2) is 9.06. The molecule has 0 saturated heterocycles. The van der Waals surface area contributed by atoms with Gasteiger partial charge in [0.25, 0.3) is 0 Å². The normalized spacial score (nSPS) is 24.1. The van der Waals surface area contributed by atoms with E-state index < -0.39 is 5.97 Å². The Balaban J connectivity index is 1.57. The Labute approximate surface area is 206 Å². The smallest absolute Gasteiger partial charge is 0.343 e.